The van der Waals surface area contributed by atoms with Crippen molar-refractivity contribution in [2.24, 2.45) is 0 Å². The van der Waals surface area contributed by atoms with Crippen LogP contribution in [0.2, 0.25) is 5.02 Å². The van der Waals surface area contributed by atoms with Gasteiger partial charge in [0.15, 0.2) is 6.10 Å². The van der Waals surface area contributed by atoms with E-state index >= 15 is 0 Å². The molecule has 0 aliphatic rings. The van der Waals surface area contributed by atoms with Crippen LogP contribution in [0.15, 0.2) is 42.5 Å². The number of carbonyl (C=O) groups is 2. The lowest BCUT2D eigenvalue weighted by atomic mass is 10.2. The summed E-state index contributed by atoms with van der Waals surface area (Å²) < 4.78 is 15.6. The van der Waals surface area contributed by atoms with Crippen molar-refractivity contribution in [1.29, 1.82) is 0 Å². The summed E-state index contributed by atoms with van der Waals surface area (Å²) in [5, 5.41) is 3.08. The Morgan fingerprint density at radius 1 is 1.08 bits per heavy atom. The van der Waals surface area contributed by atoms with Crippen LogP contribution >= 0.6 is 11.6 Å². The topological polar surface area (TPSA) is 73.9 Å². The van der Waals surface area contributed by atoms with Gasteiger partial charge in [0.1, 0.15) is 17.1 Å². The predicted octanol–water partition coefficient (Wildman–Crippen LogP) is 3.22. The Hall–Kier alpha value is -2.73. The van der Waals surface area contributed by atoms with E-state index in [1.54, 1.807) is 25.3 Å². The molecule has 138 valence electrons. The molecule has 7 heteroatoms. The summed E-state index contributed by atoms with van der Waals surface area (Å²) in [4.78, 5) is 24.5. The first kappa shape index (κ1) is 19.6. The standard InChI is InChI=1S/C19H20ClNO5/c1-12(18(22)21-11-13-6-4-5-7-16(13)24-2)26-19(23)15-10-14(20)8-9-17(15)25-3/h4-10,12H,11H2,1-3H3,(H,21,22)/t12-/m0/s1. The fourth-order valence-corrected chi connectivity index (χ4v) is 2.46. The quantitative estimate of drug-likeness (QED) is 0.750. The van der Waals surface area contributed by atoms with Gasteiger partial charge in [0, 0.05) is 17.1 Å². The summed E-state index contributed by atoms with van der Waals surface area (Å²) in [6.45, 7) is 1.75. The number of esters is 1. The molecule has 2 rings (SSSR count). The van der Waals surface area contributed by atoms with Crippen molar-refractivity contribution in [2.45, 2.75) is 19.6 Å². The van der Waals surface area contributed by atoms with E-state index in [4.69, 9.17) is 25.8 Å². The van der Waals surface area contributed by atoms with Gasteiger partial charge in [-0.3, -0.25) is 4.79 Å². The van der Waals surface area contributed by atoms with Gasteiger partial charge in [0.25, 0.3) is 5.91 Å². The van der Waals surface area contributed by atoms with Gasteiger partial charge in [0.2, 0.25) is 0 Å². The number of ether oxygens (including phenoxy) is 3. The van der Waals surface area contributed by atoms with Gasteiger partial charge in [-0.05, 0) is 31.2 Å². The van der Waals surface area contributed by atoms with Crippen molar-refractivity contribution in [3.8, 4) is 11.5 Å². The minimum atomic E-state index is -0.985. The van der Waals surface area contributed by atoms with E-state index in [0.717, 1.165) is 5.56 Å². The summed E-state index contributed by atoms with van der Waals surface area (Å²) in [6.07, 6.45) is -0.985. The Morgan fingerprint density at radius 2 is 1.77 bits per heavy atom. The molecule has 0 saturated heterocycles. The average Bonchev–Trinajstić information content (AvgIpc) is 2.66. The number of hydrogen-bond donors (Lipinski definition) is 1. The lowest BCUT2D eigenvalue weighted by molar-refractivity contribution is -0.129. The molecule has 0 heterocycles. The van der Waals surface area contributed by atoms with Gasteiger partial charge in [-0.2, -0.15) is 0 Å². The number of para-hydroxylation sites is 1. The van der Waals surface area contributed by atoms with Crippen LogP contribution in [-0.4, -0.2) is 32.2 Å². The van der Waals surface area contributed by atoms with Crippen LogP contribution in [-0.2, 0) is 16.1 Å². The second kappa shape index (κ2) is 9.10. The third-order valence-electron chi connectivity index (χ3n) is 3.68. The fraction of sp³-hybridized carbons (Fsp3) is 0.263. The molecule has 0 aliphatic heterocycles. The molecule has 26 heavy (non-hydrogen) atoms. The number of nitrogens with one attached hydrogen (secondary N) is 1. The molecule has 0 radical (unpaired) electrons. The Bertz CT molecular complexity index is 793. The maximum absolute atomic E-state index is 12.3. The second-order valence-electron chi connectivity index (χ2n) is 5.42. The number of benzene rings is 2. The van der Waals surface area contributed by atoms with E-state index in [9.17, 15) is 9.59 Å². The van der Waals surface area contributed by atoms with E-state index < -0.39 is 18.0 Å². The summed E-state index contributed by atoms with van der Waals surface area (Å²) >= 11 is 5.91. The molecule has 1 N–H and O–H groups in total. The molecular formula is C19H20ClNO5. The van der Waals surface area contributed by atoms with Crippen LogP contribution < -0.4 is 14.8 Å². The van der Waals surface area contributed by atoms with E-state index in [1.165, 1.54) is 20.1 Å². The highest BCUT2D eigenvalue weighted by molar-refractivity contribution is 6.31. The van der Waals surface area contributed by atoms with E-state index in [1.807, 2.05) is 18.2 Å². The summed E-state index contributed by atoms with van der Waals surface area (Å²) in [7, 11) is 2.99. The van der Waals surface area contributed by atoms with Gasteiger partial charge >= 0.3 is 5.97 Å². The minimum Gasteiger partial charge on any atom is -0.496 e. The maximum atomic E-state index is 12.3. The predicted molar refractivity (Wildman–Crippen MR) is 97.7 cm³/mol. The highest BCUT2D eigenvalue weighted by Crippen LogP contribution is 2.24. The van der Waals surface area contributed by atoms with Crippen molar-refractivity contribution in [2.75, 3.05) is 14.2 Å². The molecule has 0 aliphatic carbocycles. The minimum absolute atomic E-state index is 0.157. The monoisotopic (exact) mass is 377 g/mol. The average molecular weight is 378 g/mol. The fourth-order valence-electron chi connectivity index (χ4n) is 2.29. The molecule has 0 aromatic heterocycles. The highest BCUT2D eigenvalue weighted by atomic mass is 35.5. The van der Waals surface area contributed by atoms with Gasteiger partial charge in [0.05, 0.1) is 14.2 Å². The van der Waals surface area contributed by atoms with Crippen LogP contribution in [0.1, 0.15) is 22.8 Å². The Morgan fingerprint density at radius 3 is 2.46 bits per heavy atom. The molecule has 0 bridgehead atoms. The molecule has 2 aromatic carbocycles. The van der Waals surface area contributed by atoms with Gasteiger partial charge in [-0.25, -0.2) is 4.79 Å². The molecule has 0 fully saturated rings. The largest absolute Gasteiger partial charge is 0.496 e. The number of methoxy groups -OCH3 is 2. The van der Waals surface area contributed by atoms with Crippen molar-refractivity contribution in [3.05, 3.63) is 58.6 Å². The summed E-state index contributed by atoms with van der Waals surface area (Å²) in [6, 6.07) is 11.9. The van der Waals surface area contributed by atoms with Crippen molar-refractivity contribution in [1.82, 2.24) is 5.32 Å². The van der Waals surface area contributed by atoms with E-state index in [0.29, 0.717) is 16.5 Å². The third kappa shape index (κ3) is 4.89. The molecule has 2 aromatic rings. The van der Waals surface area contributed by atoms with Crippen molar-refractivity contribution in [3.63, 3.8) is 0 Å². The normalized spacial score (nSPS) is 11.4. The number of amides is 1. The number of halogens is 1. The summed E-state index contributed by atoms with van der Waals surface area (Å²) in [5.41, 5.74) is 0.975. The lowest BCUT2D eigenvalue weighted by Gasteiger charge is -2.15. The van der Waals surface area contributed by atoms with Gasteiger partial charge in [-0.15, -0.1) is 0 Å². The first-order valence-electron chi connectivity index (χ1n) is 7.90. The second-order valence-corrected chi connectivity index (χ2v) is 5.86. The van der Waals surface area contributed by atoms with Crippen LogP contribution in [0.5, 0.6) is 11.5 Å². The number of rotatable bonds is 7. The number of hydrogen-bond acceptors (Lipinski definition) is 5. The molecule has 6 nitrogen and oxygen atoms in total. The Kier molecular flexibility index (Phi) is 6.86. The molecule has 1 amide bonds. The summed E-state index contributed by atoms with van der Waals surface area (Å²) in [5.74, 6) is -0.128. The molecule has 0 unspecified atom stereocenters. The lowest BCUT2D eigenvalue weighted by Crippen LogP contribution is -2.35. The molecule has 1 atom stereocenters. The van der Waals surface area contributed by atoms with Crippen LogP contribution in [0.25, 0.3) is 0 Å². The third-order valence-corrected chi connectivity index (χ3v) is 3.92. The molecule has 0 spiro atoms. The smallest absolute Gasteiger partial charge is 0.342 e. The zero-order chi connectivity index (χ0) is 19.1. The van der Waals surface area contributed by atoms with Crippen LogP contribution in [0.4, 0.5) is 0 Å². The SMILES string of the molecule is COc1ccccc1CNC(=O)[C@H](C)OC(=O)c1cc(Cl)ccc1OC. The van der Waals surface area contributed by atoms with E-state index in [2.05, 4.69) is 5.32 Å². The zero-order valence-corrected chi connectivity index (χ0v) is 15.5. The van der Waals surface area contributed by atoms with Crippen molar-refractivity contribution >= 4 is 23.5 Å². The van der Waals surface area contributed by atoms with E-state index in [-0.39, 0.29) is 12.1 Å². The first-order valence-corrected chi connectivity index (χ1v) is 8.28. The van der Waals surface area contributed by atoms with Crippen molar-refractivity contribution < 1.29 is 23.8 Å². The highest BCUT2D eigenvalue weighted by Gasteiger charge is 2.21. The van der Waals surface area contributed by atoms with Gasteiger partial charge in [-0.1, -0.05) is 29.8 Å². The number of carbonyl (C=O) groups excluding carboxylic acids is 2. The Balaban J connectivity index is 1.98. The Labute approximate surface area is 157 Å². The maximum Gasteiger partial charge on any atom is 0.342 e. The van der Waals surface area contributed by atoms with Crippen LogP contribution in [0.3, 0.4) is 0 Å². The molecule has 0 saturated carbocycles. The molecular weight excluding hydrogens is 358 g/mol. The van der Waals surface area contributed by atoms with Gasteiger partial charge < -0.3 is 19.5 Å². The first-order chi connectivity index (χ1) is 12.5. The zero-order valence-electron chi connectivity index (χ0n) is 14.7. The van der Waals surface area contributed by atoms with Crippen LogP contribution in [0, 0.1) is 0 Å².